The minimum Gasteiger partial charge on any atom is -0.356 e. The lowest BCUT2D eigenvalue weighted by Gasteiger charge is -2.31. The molecule has 4 nitrogen and oxygen atoms in total. The highest BCUT2D eigenvalue weighted by Gasteiger charge is 2.21. The molecule has 4 heteroatoms. The monoisotopic (exact) mass is 274 g/mol. The molecule has 3 N–H and O–H groups in total. The van der Waals surface area contributed by atoms with Gasteiger partial charge in [-0.15, -0.1) is 0 Å². The highest BCUT2D eigenvalue weighted by Crippen LogP contribution is 2.15. The molecule has 1 heterocycles. The maximum atomic E-state index is 4.44. The van der Waals surface area contributed by atoms with Crippen LogP contribution in [0.25, 0.3) is 0 Å². The highest BCUT2D eigenvalue weighted by atomic mass is 15.2. The molecule has 0 saturated carbocycles. The minimum atomic E-state index is -0.00307. The van der Waals surface area contributed by atoms with Crippen LogP contribution < -0.4 is 16.0 Å². The van der Waals surface area contributed by atoms with Gasteiger partial charge in [0, 0.05) is 31.2 Å². The molecule has 0 bridgehead atoms. The first-order valence-corrected chi connectivity index (χ1v) is 7.42. The van der Waals surface area contributed by atoms with E-state index < -0.39 is 0 Å². The molecule has 1 unspecified atom stereocenters. The van der Waals surface area contributed by atoms with Crippen LogP contribution in [0.15, 0.2) is 35.3 Å². The maximum Gasteiger partial charge on any atom is 0.191 e. The summed E-state index contributed by atoms with van der Waals surface area (Å²) in [5.74, 6) is 0.929. The summed E-state index contributed by atoms with van der Waals surface area (Å²) in [5.41, 5.74) is 1.31. The van der Waals surface area contributed by atoms with Crippen LogP contribution in [0.3, 0.4) is 0 Å². The van der Waals surface area contributed by atoms with Gasteiger partial charge in [-0.25, -0.2) is 0 Å². The lowest BCUT2D eigenvalue weighted by molar-refractivity contribution is 0.344. The number of guanidine groups is 1. The van der Waals surface area contributed by atoms with Crippen molar-refractivity contribution in [2.75, 3.05) is 19.6 Å². The van der Waals surface area contributed by atoms with Gasteiger partial charge in [0.2, 0.25) is 0 Å². The van der Waals surface area contributed by atoms with Gasteiger partial charge in [0.1, 0.15) is 0 Å². The number of rotatable bonds is 5. The van der Waals surface area contributed by atoms with Crippen LogP contribution in [0, 0.1) is 0 Å². The normalized spacial score (nSPS) is 17.1. The van der Waals surface area contributed by atoms with Crippen molar-refractivity contribution in [2.45, 2.75) is 38.8 Å². The van der Waals surface area contributed by atoms with Gasteiger partial charge < -0.3 is 16.0 Å². The van der Waals surface area contributed by atoms with Crippen molar-refractivity contribution in [1.82, 2.24) is 16.0 Å². The standard InChI is InChI=1S/C16H26N4/c1-13(14-8-5-4-6-9-14)20-16(2,3)12-19-15-17-10-7-11-18-15/h4-6,8-9,13,20H,7,10-12H2,1-3H3,(H2,17,18,19). The van der Waals surface area contributed by atoms with E-state index in [1.54, 1.807) is 0 Å². The third-order valence-corrected chi connectivity index (χ3v) is 3.50. The topological polar surface area (TPSA) is 48.5 Å². The molecule has 0 aromatic heterocycles. The zero-order valence-electron chi connectivity index (χ0n) is 12.7. The summed E-state index contributed by atoms with van der Waals surface area (Å²) in [5, 5.41) is 10.3. The molecule has 1 aliphatic heterocycles. The van der Waals surface area contributed by atoms with Gasteiger partial charge in [0.15, 0.2) is 5.96 Å². The molecule has 0 radical (unpaired) electrons. The van der Waals surface area contributed by atoms with E-state index in [1.807, 2.05) is 0 Å². The molecule has 110 valence electrons. The molecule has 0 fully saturated rings. The van der Waals surface area contributed by atoms with Crippen molar-refractivity contribution >= 4 is 5.96 Å². The summed E-state index contributed by atoms with van der Waals surface area (Å²) in [4.78, 5) is 4.44. The minimum absolute atomic E-state index is 0.00307. The van der Waals surface area contributed by atoms with Crippen molar-refractivity contribution in [3.05, 3.63) is 35.9 Å². The van der Waals surface area contributed by atoms with E-state index in [0.29, 0.717) is 6.04 Å². The average molecular weight is 274 g/mol. The first-order chi connectivity index (χ1) is 9.57. The fourth-order valence-corrected chi connectivity index (χ4v) is 2.42. The molecule has 1 aromatic carbocycles. The van der Waals surface area contributed by atoms with Crippen molar-refractivity contribution < 1.29 is 0 Å². The summed E-state index contributed by atoms with van der Waals surface area (Å²) in [6.07, 6.45) is 1.12. The second kappa shape index (κ2) is 6.75. The van der Waals surface area contributed by atoms with E-state index in [-0.39, 0.29) is 5.54 Å². The van der Waals surface area contributed by atoms with E-state index in [2.05, 4.69) is 72.0 Å². The Hall–Kier alpha value is -1.55. The number of hydrogen-bond donors (Lipinski definition) is 3. The zero-order chi connectivity index (χ0) is 14.4. The maximum absolute atomic E-state index is 4.44. The largest absolute Gasteiger partial charge is 0.356 e. The highest BCUT2D eigenvalue weighted by molar-refractivity contribution is 5.80. The van der Waals surface area contributed by atoms with Crippen LogP contribution in [0.1, 0.15) is 38.8 Å². The van der Waals surface area contributed by atoms with Gasteiger partial charge in [-0.2, -0.15) is 0 Å². The third kappa shape index (κ3) is 4.53. The molecule has 2 rings (SSSR count). The van der Waals surface area contributed by atoms with Crippen molar-refractivity contribution in [3.63, 3.8) is 0 Å². The number of hydrogen-bond acceptors (Lipinski definition) is 4. The first-order valence-electron chi connectivity index (χ1n) is 7.42. The van der Waals surface area contributed by atoms with Gasteiger partial charge in [0.25, 0.3) is 0 Å². The number of nitrogens with zero attached hydrogens (tertiary/aromatic N) is 1. The zero-order valence-corrected chi connectivity index (χ0v) is 12.7. The Morgan fingerprint density at radius 1 is 1.30 bits per heavy atom. The fraction of sp³-hybridized carbons (Fsp3) is 0.562. The van der Waals surface area contributed by atoms with E-state index in [4.69, 9.17) is 0 Å². The molecule has 1 aromatic rings. The predicted octanol–water partition coefficient (Wildman–Crippen LogP) is 2.05. The quantitative estimate of drug-likeness (QED) is 0.770. The molecule has 0 spiro atoms. The SMILES string of the molecule is CC(NC(C)(C)CNC1=NCCCN1)c1ccccc1. The van der Waals surface area contributed by atoms with E-state index in [0.717, 1.165) is 32.0 Å². The number of nitrogens with one attached hydrogen (secondary N) is 3. The molecule has 0 amide bonds. The Morgan fingerprint density at radius 3 is 2.70 bits per heavy atom. The van der Waals surface area contributed by atoms with Crippen LogP contribution in [0.5, 0.6) is 0 Å². The average Bonchev–Trinajstić information content (AvgIpc) is 2.47. The summed E-state index contributed by atoms with van der Waals surface area (Å²) in [6.45, 7) is 9.40. The van der Waals surface area contributed by atoms with Gasteiger partial charge in [-0.05, 0) is 32.8 Å². The number of benzene rings is 1. The Kier molecular flexibility index (Phi) is 5.01. The Balaban J connectivity index is 1.85. The van der Waals surface area contributed by atoms with Crippen LogP contribution in [-0.2, 0) is 0 Å². The fourth-order valence-electron chi connectivity index (χ4n) is 2.42. The van der Waals surface area contributed by atoms with Crippen LogP contribution in [-0.4, -0.2) is 31.1 Å². The molecule has 0 aliphatic carbocycles. The summed E-state index contributed by atoms with van der Waals surface area (Å²) in [7, 11) is 0. The molecule has 20 heavy (non-hydrogen) atoms. The van der Waals surface area contributed by atoms with Gasteiger partial charge in [0.05, 0.1) is 0 Å². The summed E-state index contributed by atoms with van der Waals surface area (Å²) < 4.78 is 0. The van der Waals surface area contributed by atoms with Crippen molar-refractivity contribution in [2.24, 2.45) is 4.99 Å². The Labute approximate surface area is 122 Å². The lowest BCUT2D eigenvalue weighted by atomic mass is 10.0. The van der Waals surface area contributed by atoms with Crippen molar-refractivity contribution in [1.29, 1.82) is 0 Å². The third-order valence-electron chi connectivity index (χ3n) is 3.50. The summed E-state index contributed by atoms with van der Waals surface area (Å²) in [6, 6.07) is 10.9. The Morgan fingerprint density at radius 2 is 2.05 bits per heavy atom. The van der Waals surface area contributed by atoms with Crippen LogP contribution in [0.2, 0.25) is 0 Å². The van der Waals surface area contributed by atoms with Crippen LogP contribution in [0.4, 0.5) is 0 Å². The second-order valence-electron chi connectivity index (χ2n) is 6.02. The van der Waals surface area contributed by atoms with Crippen LogP contribution >= 0.6 is 0 Å². The van der Waals surface area contributed by atoms with E-state index >= 15 is 0 Å². The Bertz CT molecular complexity index is 439. The summed E-state index contributed by atoms with van der Waals surface area (Å²) >= 11 is 0. The first kappa shape index (κ1) is 14.9. The number of aliphatic imine (C=N–C) groups is 1. The van der Waals surface area contributed by atoms with Crippen molar-refractivity contribution in [3.8, 4) is 0 Å². The van der Waals surface area contributed by atoms with Gasteiger partial charge in [-0.3, -0.25) is 4.99 Å². The molecular weight excluding hydrogens is 248 g/mol. The predicted molar refractivity (Wildman–Crippen MR) is 85.0 cm³/mol. The molecule has 1 aliphatic rings. The molecule has 0 saturated heterocycles. The van der Waals surface area contributed by atoms with Gasteiger partial charge in [-0.1, -0.05) is 30.3 Å². The molecular formula is C16H26N4. The molecule has 1 atom stereocenters. The van der Waals surface area contributed by atoms with E-state index in [1.165, 1.54) is 5.56 Å². The second-order valence-corrected chi connectivity index (χ2v) is 6.02. The smallest absolute Gasteiger partial charge is 0.191 e. The van der Waals surface area contributed by atoms with Gasteiger partial charge >= 0.3 is 0 Å². The van der Waals surface area contributed by atoms with E-state index in [9.17, 15) is 0 Å². The lowest BCUT2D eigenvalue weighted by Crippen LogP contribution is -2.52.